The van der Waals surface area contributed by atoms with Gasteiger partial charge in [0.25, 0.3) is 0 Å². The van der Waals surface area contributed by atoms with Crippen molar-refractivity contribution in [2.75, 3.05) is 6.61 Å². The number of benzene rings is 1. The van der Waals surface area contributed by atoms with Gasteiger partial charge in [-0.25, -0.2) is 0 Å². The number of carbonyl (C=O) groups excluding carboxylic acids is 2. The van der Waals surface area contributed by atoms with Gasteiger partial charge in [-0.1, -0.05) is 37.3 Å². The van der Waals surface area contributed by atoms with E-state index in [1.54, 1.807) is 19.9 Å². The monoisotopic (exact) mass is 372 g/mol. The largest absolute Gasteiger partial charge is 0.472 e. The minimum absolute atomic E-state index is 0.139. The van der Waals surface area contributed by atoms with E-state index in [1.165, 1.54) is 12.5 Å². The summed E-state index contributed by atoms with van der Waals surface area (Å²) >= 11 is 0. The molecule has 1 aromatic heterocycles. The Morgan fingerprint density at radius 3 is 2.67 bits per heavy atom. The predicted molar refractivity (Wildman–Crippen MR) is 96.5 cm³/mol. The lowest BCUT2D eigenvalue weighted by molar-refractivity contribution is -0.199. The van der Waals surface area contributed by atoms with Crippen LogP contribution < -0.4 is 0 Å². The van der Waals surface area contributed by atoms with Crippen molar-refractivity contribution in [1.82, 2.24) is 0 Å². The van der Waals surface area contributed by atoms with Gasteiger partial charge < -0.3 is 19.0 Å². The van der Waals surface area contributed by atoms with Gasteiger partial charge in [-0.05, 0) is 25.0 Å². The molecule has 0 radical (unpaired) electrons. The van der Waals surface area contributed by atoms with Crippen LogP contribution in [0.2, 0.25) is 0 Å². The van der Waals surface area contributed by atoms with Gasteiger partial charge in [0.2, 0.25) is 0 Å². The van der Waals surface area contributed by atoms with Crippen LogP contribution in [-0.4, -0.2) is 29.6 Å². The van der Waals surface area contributed by atoms with E-state index in [1.807, 2.05) is 30.3 Å². The van der Waals surface area contributed by atoms with Gasteiger partial charge in [-0.3, -0.25) is 9.59 Å². The van der Waals surface area contributed by atoms with Gasteiger partial charge in [0.05, 0.1) is 31.7 Å². The van der Waals surface area contributed by atoms with Crippen molar-refractivity contribution in [2.45, 2.75) is 38.6 Å². The third kappa shape index (κ3) is 3.68. The highest BCUT2D eigenvalue weighted by Gasteiger charge is 2.58. The molecule has 4 atom stereocenters. The van der Waals surface area contributed by atoms with Crippen molar-refractivity contribution < 1.29 is 28.6 Å². The van der Waals surface area contributed by atoms with E-state index in [0.717, 1.165) is 5.56 Å². The molecule has 0 spiro atoms. The number of esters is 1. The standard InChI is InChI=1S/C21H24O6/c1-3-26-20(23)17-11-14(2)18(22)19(21(17,24)16-9-10-25-13-16)27-12-15-7-5-4-6-8-15/h4-10,13-14,17,19,24H,3,11-12H2,1-2H3/t14-,17+,19-,21+/m0/s1. The summed E-state index contributed by atoms with van der Waals surface area (Å²) in [5.41, 5.74) is -0.651. The van der Waals surface area contributed by atoms with Gasteiger partial charge in [0.1, 0.15) is 5.60 Å². The Bertz CT molecular complexity index is 769. The molecule has 3 rings (SSSR count). The van der Waals surface area contributed by atoms with E-state index in [2.05, 4.69) is 0 Å². The van der Waals surface area contributed by atoms with Crippen LogP contribution in [0, 0.1) is 11.8 Å². The van der Waals surface area contributed by atoms with Gasteiger partial charge in [0, 0.05) is 11.5 Å². The van der Waals surface area contributed by atoms with E-state index in [9.17, 15) is 14.7 Å². The number of aliphatic hydroxyl groups is 1. The van der Waals surface area contributed by atoms with Crippen molar-refractivity contribution in [3.63, 3.8) is 0 Å². The van der Waals surface area contributed by atoms with Crippen LogP contribution in [0.3, 0.4) is 0 Å². The Labute approximate surface area is 158 Å². The molecule has 0 amide bonds. The molecular formula is C21H24O6. The Balaban J connectivity index is 1.97. The first-order valence-corrected chi connectivity index (χ1v) is 9.09. The lowest BCUT2D eigenvalue weighted by atomic mass is 9.66. The summed E-state index contributed by atoms with van der Waals surface area (Å²) in [6.45, 7) is 3.77. The van der Waals surface area contributed by atoms with Crippen LogP contribution in [-0.2, 0) is 31.3 Å². The summed E-state index contributed by atoms with van der Waals surface area (Å²) < 4.78 is 16.2. The number of ether oxygens (including phenoxy) is 2. The molecule has 0 saturated heterocycles. The Kier molecular flexibility index (Phi) is 5.77. The topological polar surface area (TPSA) is 86.0 Å². The maximum Gasteiger partial charge on any atom is 0.312 e. The summed E-state index contributed by atoms with van der Waals surface area (Å²) in [7, 11) is 0. The number of ketones is 1. The minimum Gasteiger partial charge on any atom is -0.472 e. The third-order valence-corrected chi connectivity index (χ3v) is 5.08. The average molecular weight is 372 g/mol. The van der Waals surface area contributed by atoms with E-state index >= 15 is 0 Å². The second kappa shape index (κ2) is 8.06. The number of hydrogen-bond acceptors (Lipinski definition) is 6. The summed E-state index contributed by atoms with van der Waals surface area (Å²) in [5.74, 6) is -2.15. The second-order valence-electron chi connectivity index (χ2n) is 6.86. The van der Waals surface area contributed by atoms with Crippen LogP contribution in [0.5, 0.6) is 0 Å². The van der Waals surface area contributed by atoms with Crippen molar-refractivity contribution in [2.24, 2.45) is 11.8 Å². The Hall–Kier alpha value is -2.44. The maximum atomic E-state index is 12.9. The van der Waals surface area contributed by atoms with Crippen molar-refractivity contribution in [3.05, 3.63) is 60.1 Å². The number of hydrogen-bond donors (Lipinski definition) is 1. The highest BCUT2D eigenvalue weighted by molar-refractivity contribution is 5.90. The second-order valence-corrected chi connectivity index (χ2v) is 6.86. The molecule has 1 fully saturated rings. The molecule has 2 aromatic rings. The zero-order valence-electron chi connectivity index (χ0n) is 15.5. The smallest absolute Gasteiger partial charge is 0.312 e. The lowest BCUT2D eigenvalue weighted by Gasteiger charge is -2.44. The number of rotatable bonds is 6. The van der Waals surface area contributed by atoms with E-state index in [-0.39, 0.29) is 25.4 Å². The molecule has 6 heteroatoms. The molecule has 0 aliphatic heterocycles. The van der Waals surface area contributed by atoms with Crippen molar-refractivity contribution in [1.29, 1.82) is 0 Å². The van der Waals surface area contributed by atoms with Gasteiger partial charge in [0.15, 0.2) is 11.9 Å². The highest BCUT2D eigenvalue weighted by atomic mass is 16.5. The van der Waals surface area contributed by atoms with Crippen LogP contribution in [0.15, 0.2) is 53.3 Å². The molecule has 1 aliphatic rings. The van der Waals surface area contributed by atoms with Crippen LogP contribution in [0.1, 0.15) is 31.4 Å². The molecule has 0 bridgehead atoms. The van der Waals surface area contributed by atoms with Gasteiger partial charge in [-0.15, -0.1) is 0 Å². The quantitative estimate of drug-likeness (QED) is 0.785. The zero-order valence-corrected chi connectivity index (χ0v) is 15.5. The van der Waals surface area contributed by atoms with Crippen molar-refractivity contribution in [3.8, 4) is 0 Å². The Morgan fingerprint density at radius 1 is 1.30 bits per heavy atom. The van der Waals surface area contributed by atoms with Gasteiger partial charge in [-0.2, -0.15) is 0 Å². The summed E-state index contributed by atoms with van der Waals surface area (Å²) in [6.07, 6.45) is 1.72. The number of carbonyl (C=O) groups is 2. The fourth-order valence-corrected chi connectivity index (χ4v) is 3.63. The Morgan fingerprint density at radius 2 is 2.04 bits per heavy atom. The third-order valence-electron chi connectivity index (χ3n) is 5.08. The molecule has 1 heterocycles. The fourth-order valence-electron chi connectivity index (χ4n) is 3.63. The normalized spacial score (nSPS) is 28.1. The average Bonchev–Trinajstić information content (AvgIpc) is 3.21. The lowest BCUT2D eigenvalue weighted by Crippen LogP contribution is -2.59. The van der Waals surface area contributed by atoms with Crippen molar-refractivity contribution >= 4 is 11.8 Å². The predicted octanol–water partition coefficient (Wildman–Crippen LogP) is 2.84. The summed E-state index contributed by atoms with van der Waals surface area (Å²) in [5, 5.41) is 11.6. The van der Waals surface area contributed by atoms with E-state index in [0.29, 0.717) is 5.56 Å². The molecule has 1 aromatic carbocycles. The molecule has 1 aliphatic carbocycles. The van der Waals surface area contributed by atoms with Crippen LogP contribution in [0.4, 0.5) is 0 Å². The highest BCUT2D eigenvalue weighted by Crippen LogP contribution is 2.45. The summed E-state index contributed by atoms with van der Waals surface area (Å²) in [4.78, 5) is 25.5. The van der Waals surface area contributed by atoms with Crippen LogP contribution >= 0.6 is 0 Å². The summed E-state index contributed by atoms with van der Waals surface area (Å²) in [6, 6.07) is 10.9. The number of furan rings is 1. The fraction of sp³-hybridized carbons (Fsp3) is 0.429. The first-order chi connectivity index (χ1) is 13.0. The molecule has 0 unspecified atom stereocenters. The minimum atomic E-state index is -1.85. The molecule has 1 saturated carbocycles. The van der Waals surface area contributed by atoms with E-state index in [4.69, 9.17) is 13.9 Å². The zero-order chi connectivity index (χ0) is 19.4. The molecule has 144 valence electrons. The van der Waals surface area contributed by atoms with Crippen LogP contribution in [0.25, 0.3) is 0 Å². The molecular weight excluding hydrogens is 348 g/mol. The molecule has 27 heavy (non-hydrogen) atoms. The molecule has 6 nitrogen and oxygen atoms in total. The first-order valence-electron chi connectivity index (χ1n) is 9.09. The maximum absolute atomic E-state index is 12.9. The SMILES string of the molecule is CCOC(=O)[C@H]1C[C@H](C)C(=O)[C@H](OCc2ccccc2)[C@@]1(O)c1ccoc1. The first kappa shape index (κ1) is 19.3. The molecule has 1 N–H and O–H groups in total. The number of Topliss-reactive ketones (excluding diaryl/α,β-unsaturated/α-hetero) is 1. The van der Waals surface area contributed by atoms with Gasteiger partial charge >= 0.3 is 5.97 Å². The van der Waals surface area contributed by atoms with E-state index < -0.39 is 29.5 Å².